The van der Waals surface area contributed by atoms with Gasteiger partial charge in [-0.2, -0.15) is 0 Å². The van der Waals surface area contributed by atoms with Crippen LogP contribution < -0.4 is 15.4 Å². The first kappa shape index (κ1) is 16.5. The average molecular weight is 332 g/mol. The maximum absolute atomic E-state index is 13.0. The number of nitrogens with one attached hydrogen (secondary N) is 2. The van der Waals surface area contributed by atoms with Crippen LogP contribution in [0.5, 0.6) is 5.75 Å². The molecule has 2 rings (SSSR count). The Kier molecular flexibility index (Phi) is 4.68. The summed E-state index contributed by atoms with van der Waals surface area (Å²) in [6.45, 7) is 0. The number of amides is 2. The zero-order valence-corrected chi connectivity index (χ0v) is 11.2. The van der Waals surface area contributed by atoms with E-state index in [1.807, 2.05) is 0 Å². The van der Waals surface area contributed by atoms with Crippen molar-refractivity contribution < 1.29 is 31.5 Å². The van der Waals surface area contributed by atoms with Gasteiger partial charge in [-0.15, -0.1) is 13.2 Å². The molecule has 0 aliphatic rings. The van der Waals surface area contributed by atoms with Gasteiger partial charge in [0, 0.05) is 17.4 Å². The lowest BCUT2D eigenvalue weighted by Crippen LogP contribution is -2.20. The van der Waals surface area contributed by atoms with Gasteiger partial charge in [0.2, 0.25) is 0 Å². The Morgan fingerprint density at radius 2 is 1.43 bits per heavy atom. The van der Waals surface area contributed by atoms with E-state index in [1.54, 1.807) is 0 Å². The highest BCUT2D eigenvalue weighted by atomic mass is 19.4. The second-order valence-electron chi connectivity index (χ2n) is 4.28. The fourth-order valence-corrected chi connectivity index (χ4v) is 1.61. The summed E-state index contributed by atoms with van der Waals surface area (Å²) >= 11 is 0. The van der Waals surface area contributed by atoms with Crippen LogP contribution in [-0.2, 0) is 0 Å². The molecule has 122 valence electrons. The molecular weight excluding hydrogens is 323 g/mol. The van der Waals surface area contributed by atoms with Crippen LogP contribution >= 0.6 is 0 Å². The normalized spacial score (nSPS) is 11.0. The standard InChI is InChI=1S/C14H9F5N2O2/c15-11-6-3-9(7-12(11)16)21-13(22)20-8-1-4-10(5-2-8)23-14(17,18)19/h1-7H,(H2,20,21,22). The molecule has 2 aromatic carbocycles. The van der Waals surface area contributed by atoms with E-state index in [-0.39, 0.29) is 11.4 Å². The summed E-state index contributed by atoms with van der Waals surface area (Å²) in [5, 5.41) is 4.55. The lowest BCUT2D eigenvalue weighted by molar-refractivity contribution is -0.274. The third-order valence-electron chi connectivity index (χ3n) is 2.52. The Morgan fingerprint density at radius 3 is 2.00 bits per heavy atom. The summed E-state index contributed by atoms with van der Waals surface area (Å²) in [6.07, 6.45) is -4.81. The molecule has 0 spiro atoms. The van der Waals surface area contributed by atoms with Gasteiger partial charge < -0.3 is 15.4 Å². The first-order chi connectivity index (χ1) is 10.7. The summed E-state index contributed by atoms with van der Waals surface area (Å²) in [4.78, 5) is 11.6. The Hall–Kier alpha value is -2.84. The van der Waals surface area contributed by atoms with E-state index < -0.39 is 29.8 Å². The fraction of sp³-hybridized carbons (Fsp3) is 0.0714. The van der Waals surface area contributed by atoms with Crippen LogP contribution in [0, 0.1) is 11.6 Å². The van der Waals surface area contributed by atoms with Crippen molar-refractivity contribution in [2.45, 2.75) is 6.36 Å². The number of carbonyl (C=O) groups excluding carboxylic acids is 1. The molecule has 0 heterocycles. The number of carbonyl (C=O) groups is 1. The van der Waals surface area contributed by atoms with Gasteiger partial charge in [0.25, 0.3) is 0 Å². The van der Waals surface area contributed by atoms with E-state index in [0.717, 1.165) is 30.3 Å². The van der Waals surface area contributed by atoms with Gasteiger partial charge in [-0.25, -0.2) is 13.6 Å². The molecule has 0 unspecified atom stereocenters. The predicted octanol–water partition coefficient (Wildman–Crippen LogP) is 4.51. The Balaban J connectivity index is 1.96. The van der Waals surface area contributed by atoms with Gasteiger partial charge in [-0.05, 0) is 36.4 Å². The first-order valence-electron chi connectivity index (χ1n) is 6.12. The van der Waals surface area contributed by atoms with Crippen molar-refractivity contribution in [2.24, 2.45) is 0 Å². The number of halogens is 5. The third-order valence-corrected chi connectivity index (χ3v) is 2.52. The molecule has 2 aromatic rings. The minimum Gasteiger partial charge on any atom is -0.406 e. The van der Waals surface area contributed by atoms with Crippen LogP contribution in [-0.4, -0.2) is 12.4 Å². The second-order valence-corrected chi connectivity index (χ2v) is 4.28. The van der Waals surface area contributed by atoms with Gasteiger partial charge in [0.1, 0.15) is 5.75 Å². The van der Waals surface area contributed by atoms with Crippen molar-refractivity contribution >= 4 is 17.4 Å². The van der Waals surface area contributed by atoms with Crippen LogP contribution in [0.15, 0.2) is 42.5 Å². The number of ether oxygens (including phenoxy) is 1. The number of rotatable bonds is 3. The minimum absolute atomic E-state index is 0.0124. The number of urea groups is 1. The fourth-order valence-electron chi connectivity index (χ4n) is 1.61. The van der Waals surface area contributed by atoms with Gasteiger partial charge in [0.15, 0.2) is 11.6 Å². The summed E-state index contributed by atoms with van der Waals surface area (Å²) in [7, 11) is 0. The predicted molar refractivity (Wildman–Crippen MR) is 72.1 cm³/mol. The van der Waals surface area contributed by atoms with Gasteiger partial charge in [-0.3, -0.25) is 0 Å². The van der Waals surface area contributed by atoms with Gasteiger partial charge in [0.05, 0.1) is 0 Å². The SMILES string of the molecule is O=C(Nc1ccc(OC(F)(F)F)cc1)Nc1ccc(F)c(F)c1. The van der Waals surface area contributed by atoms with Crippen LogP contribution in [0.2, 0.25) is 0 Å². The number of benzene rings is 2. The Labute approximate surface area is 126 Å². The molecule has 0 radical (unpaired) electrons. The number of hydrogen-bond donors (Lipinski definition) is 2. The molecule has 0 atom stereocenters. The molecule has 0 aromatic heterocycles. The molecule has 9 heteroatoms. The topological polar surface area (TPSA) is 50.4 Å². The van der Waals surface area contributed by atoms with Crippen LogP contribution in [0.25, 0.3) is 0 Å². The molecule has 0 aliphatic heterocycles. The highest BCUT2D eigenvalue weighted by Gasteiger charge is 2.30. The van der Waals surface area contributed by atoms with Crippen molar-refractivity contribution in [1.29, 1.82) is 0 Å². The van der Waals surface area contributed by atoms with E-state index in [0.29, 0.717) is 0 Å². The zero-order valence-electron chi connectivity index (χ0n) is 11.2. The van der Waals surface area contributed by atoms with E-state index in [1.165, 1.54) is 12.1 Å². The van der Waals surface area contributed by atoms with E-state index in [4.69, 9.17) is 0 Å². The van der Waals surface area contributed by atoms with Crippen molar-refractivity contribution in [3.05, 3.63) is 54.1 Å². The third kappa shape index (κ3) is 5.13. The van der Waals surface area contributed by atoms with Gasteiger partial charge >= 0.3 is 12.4 Å². The molecule has 0 saturated heterocycles. The maximum atomic E-state index is 13.0. The van der Waals surface area contributed by atoms with E-state index >= 15 is 0 Å². The van der Waals surface area contributed by atoms with Gasteiger partial charge in [-0.1, -0.05) is 0 Å². The smallest absolute Gasteiger partial charge is 0.406 e. The Bertz CT molecular complexity index is 701. The van der Waals surface area contributed by atoms with Crippen molar-refractivity contribution in [3.8, 4) is 5.75 Å². The first-order valence-corrected chi connectivity index (χ1v) is 6.12. The van der Waals surface area contributed by atoms with Crippen molar-refractivity contribution in [2.75, 3.05) is 10.6 Å². The molecule has 0 bridgehead atoms. The van der Waals surface area contributed by atoms with Crippen molar-refractivity contribution in [3.63, 3.8) is 0 Å². The number of hydrogen-bond acceptors (Lipinski definition) is 2. The molecule has 0 fully saturated rings. The molecule has 2 N–H and O–H groups in total. The minimum atomic E-state index is -4.81. The summed E-state index contributed by atoms with van der Waals surface area (Å²) in [5.41, 5.74) is 0.193. The molecule has 4 nitrogen and oxygen atoms in total. The molecule has 0 saturated carbocycles. The van der Waals surface area contributed by atoms with E-state index in [9.17, 15) is 26.7 Å². The quantitative estimate of drug-likeness (QED) is 0.813. The van der Waals surface area contributed by atoms with Crippen LogP contribution in [0.4, 0.5) is 38.1 Å². The van der Waals surface area contributed by atoms with Crippen molar-refractivity contribution in [1.82, 2.24) is 0 Å². The number of alkyl halides is 3. The summed E-state index contributed by atoms with van der Waals surface area (Å²) < 4.78 is 65.4. The highest BCUT2D eigenvalue weighted by molar-refractivity contribution is 5.99. The molecule has 2 amide bonds. The summed E-state index contributed by atoms with van der Waals surface area (Å²) in [6, 6.07) is 6.40. The average Bonchev–Trinajstić information content (AvgIpc) is 2.43. The zero-order chi connectivity index (χ0) is 17.0. The number of anilines is 2. The summed E-state index contributed by atoms with van der Waals surface area (Å²) in [5.74, 6) is -2.63. The second kappa shape index (κ2) is 6.51. The van der Waals surface area contributed by atoms with Crippen LogP contribution in [0.1, 0.15) is 0 Å². The molecular formula is C14H9F5N2O2. The highest BCUT2D eigenvalue weighted by Crippen LogP contribution is 2.24. The monoisotopic (exact) mass is 332 g/mol. The lowest BCUT2D eigenvalue weighted by Gasteiger charge is -2.10. The molecule has 0 aliphatic carbocycles. The van der Waals surface area contributed by atoms with E-state index in [2.05, 4.69) is 15.4 Å². The maximum Gasteiger partial charge on any atom is 0.573 e. The van der Waals surface area contributed by atoms with Crippen LogP contribution in [0.3, 0.4) is 0 Å². The lowest BCUT2D eigenvalue weighted by atomic mass is 10.3. The largest absolute Gasteiger partial charge is 0.573 e. The molecule has 23 heavy (non-hydrogen) atoms. The Morgan fingerprint density at radius 1 is 0.870 bits per heavy atom.